The molecule has 0 saturated carbocycles. The smallest absolute Gasteiger partial charge is 0.0988 e. The van der Waals surface area contributed by atoms with Crippen LogP contribution in [0.4, 0.5) is 0 Å². The van der Waals surface area contributed by atoms with Crippen LogP contribution in [0.25, 0.3) is 11.3 Å². The Morgan fingerprint density at radius 2 is 1.76 bits per heavy atom. The lowest BCUT2D eigenvalue weighted by atomic mass is 9.98. The van der Waals surface area contributed by atoms with Crippen molar-refractivity contribution in [2.24, 2.45) is 0 Å². The van der Waals surface area contributed by atoms with Crippen LogP contribution in [0, 0.1) is 0 Å². The summed E-state index contributed by atoms with van der Waals surface area (Å²) in [6, 6.07) is 7.98. The molecule has 0 fully saturated rings. The van der Waals surface area contributed by atoms with E-state index in [9.17, 15) is 0 Å². The minimum atomic E-state index is 0.0855. The number of likely N-dealkylation sites (N-methyl/N-ethyl adjacent to an activating group) is 1. The average Bonchev–Trinajstić information content (AvgIpc) is 2.81. The molecule has 0 spiro atoms. The van der Waals surface area contributed by atoms with Crippen molar-refractivity contribution < 1.29 is 0 Å². The Labute approximate surface area is 136 Å². The molecule has 114 valence electrons. The summed E-state index contributed by atoms with van der Waals surface area (Å²) in [6.45, 7) is 7.68. The topological polar surface area (TPSA) is 16.1 Å². The Morgan fingerprint density at radius 3 is 2.29 bits per heavy atom. The second-order valence-electron chi connectivity index (χ2n) is 6.60. The SMILES string of the molecule is CN(C)CCc1sc(C(C)(C)C)nc1-c1ccc(Cl)cc1. The van der Waals surface area contributed by atoms with Gasteiger partial charge in [0.05, 0.1) is 10.7 Å². The number of rotatable bonds is 4. The van der Waals surface area contributed by atoms with Gasteiger partial charge in [0.15, 0.2) is 0 Å². The summed E-state index contributed by atoms with van der Waals surface area (Å²) in [5.74, 6) is 0. The van der Waals surface area contributed by atoms with Gasteiger partial charge in [0.1, 0.15) is 0 Å². The fourth-order valence-corrected chi connectivity index (χ4v) is 3.26. The lowest BCUT2D eigenvalue weighted by molar-refractivity contribution is 0.415. The average molecular weight is 323 g/mol. The van der Waals surface area contributed by atoms with E-state index in [0.717, 1.165) is 29.2 Å². The van der Waals surface area contributed by atoms with Gasteiger partial charge in [0.2, 0.25) is 0 Å². The quantitative estimate of drug-likeness (QED) is 0.798. The molecule has 0 N–H and O–H groups in total. The van der Waals surface area contributed by atoms with Crippen molar-refractivity contribution in [3.63, 3.8) is 0 Å². The summed E-state index contributed by atoms with van der Waals surface area (Å²) >= 11 is 7.83. The molecule has 0 aliphatic carbocycles. The molecule has 0 aliphatic rings. The van der Waals surface area contributed by atoms with Crippen molar-refractivity contribution in [1.29, 1.82) is 0 Å². The van der Waals surface area contributed by atoms with Crippen LogP contribution >= 0.6 is 22.9 Å². The van der Waals surface area contributed by atoms with Gasteiger partial charge in [-0.3, -0.25) is 0 Å². The van der Waals surface area contributed by atoms with Gasteiger partial charge in [-0.25, -0.2) is 4.98 Å². The third-order valence-corrected chi connectivity index (χ3v) is 5.04. The lowest BCUT2D eigenvalue weighted by Gasteiger charge is -2.13. The minimum absolute atomic E-state index is 0.0855. The van der Waals surface area contributed by atoms with E-state index in [1.807, 2.05) is 23.5 Å². The highest BCUT2D eigenvalue weighted by Gasteiger charge is 2.22. The van der Waals surface area contributed by atoms with Crippen molar-refractivity contribution in [3.05, 3.63) is 39.2 Å². The van der Waals surface area contributed by atoms with E-state index in [2.05, 4.69) is 51.9 Å². The highest BCUT2D eigenvalue weighted by atomic mass is 35.5. The number of nitrogens with zero attached hydrogens (tertiary/aromatic N) is 2. The Morgan fingerprint density at radius 1 is 1.14 bits per heavy atom. The molecule has 2 aromatic rings. The van der Waals surface area contributed by atoms with E-state index in [0.29, 0.717) is 0 Å². The second kappa shape index (κ2) is 6.47. The molecule has 21 heavy (non-hydrogen) atoms. The summed E-state index contributed by atoms with van der Waals surface area (Å²) in [5, 5.41) is 1.96. The predicted octanol–water partition coefficient (Wildman–Crippen LogP) is 4.87. The maximum absolute atomic E-state index is 5.99. The predicted molar refractivity (Wildman–Crippen MR) is 93.5 cm³/mol. The Bertz CT molecular complexity index is 594. The molecule has 1 heterocycles. The fraction of sp³-hybridized carbons (Fsp3) is 0.471. The minimum Gasteiger partial charge on any atom is -0.309 e. The number of halogens is 1. The Hall–Kier alpha value is -0.900. The van der Waals surface area contributed by atoms with Gasteiger partial charge in [0.25, 0.3) is 0 Å². The zero-order chi connectivity index (χ0) is 15.6. The molecule has 2 nitrogen and oxygen atoms in total. The van der Waals surface area contributed by atoms with Gasteiger partial charge in [-0.1, -0.05) is 44.5 Å². The molecule has 1 aromatic heterocycles. The zero-order valence-corrected chi connectivity index (χ0v) is 15.0. The van der Waals surface area contributed by atoms with E-state index in [1.54, 1.807) is 0 Å². The van der Waals surface area contributed by atoms with E-state index in [4.69, 9.17) is 16.6 Å². The van der Waals surface area contributed by atoms with E-state index < -0.39 is 0 Å². The van der Waals surface area contributed by atoms with E-state index >= 15 is 0 Å². The first-order valence-corrected chi connectivity index (χ1v) is 8.37. The molecular formula is C17H23ClN2S. The van der Waals surface area contributed by atoms with Gasteiger partial charge >= 0.3 is 0 Å². The van der Waals surface area contributed by atoms with Gasteiger partial charge in [-0.05, 0) is 32.6 Å². The first-order chi connectivity index (χ1) is 9.77. The first-order valence-electron chi connectivity index (χ1n) is 7.18. The molecule has 0 amide bonds. The standard InChI is InChI=1S/C17H23ClN2S/c1-17(2,3)16-19-15(12-6-8-13(18)9-7-12)14(21-16)10-11-20(4)5/h6-9H,10-11H2,1-5H3. The van der Waals surface area contributed by atoms with Crippen molar-refractivity contribution in [2.45, 2.75) is 32.6 Å². The molecular weight excluding hydrogens is 300 g/mol. The van der Waals surface area contributed by atoms with Gasteiger partial charge in [0, 0.05) is 27.4 Å². The first kappa shape index (κ1) is 16.5. The molecule has 0 atom stereocenters. The third-order valence-electron chi connectivity index (χ3n) is 3.24. The van der Waals surface area contributed by atoms with Crippen LogP contribution in [0.3, 0.4) is 0 Å². The van der Waals surface area contributed by atoms with Crippen LogP contribution in [0.5, 0.6) is 0 Å². The van der Waals surface area contributed by atoms with Crippen molar-refractivity contribution in [3.8, 4) is 11.3 Å². The summed E-state index contributed by atoms with van der Waals surface area (Å²) in [7, 11) is 4.21. The fourth-order valence-electron chi connectivity index (χ4n) is 2.00. The normalized spacial score (nSPS) is 12.1. The van der Waals surface area contributed by atoms with Crippen LogP contribution < -0.4 is 0 Å². The maximum Gasteiger partial charge on any atom is 0.0988 e. The molecule has 1 aromatic carbocycles. The molecule has 0 radical (unpaired) electrons. The molecule has 0 bridgehead atoms. The van der Waals surface area contributed by atoms with Crippen LogP contribution in [-0.2, 0) is 11.8 Å². The third kappa shape index (κ3) is 4.29. The van der Waals surface area contributed by atoms with Crippen molar-refractivity contribution in [1.82, 2.24) is 9.88 Å². The number of thiazole rings is 1. The number of aromatic nitrogens is 1. The van der Waals surface area contributed by atoms with Crippen molar-refractivity contribution >= 4 is 22.9 Å². The summed E-state index contributed by atoms with van der Waals surface area (Å²) in [4.78, 5) is 8.48. The highest BCUT2D eigenvalue weighted by molar-refractivity contribution is 7.12. The summed E-state index contributed by atoms with van der Waals surface area (Å²) in [6.07, 6.45) is 1.03. The van der Waals surface area contributed by atoms with Gasteiger partial charge < -0.3 is 4.90 Å². The lowest BCUT2D eigenvalue weighted by Crippen LogP contribution is -2.14. The molecule has 0 aliphatic heterocycles. The van der Waals surface area contributed by atoms with Crippen LogP contribution in [0.15, 0.2) is 24.3 Å². The molecule has 0 unspecified atom stereocenters. The molecule has 2 rings (SSSR count). The highest BCUT2D eigenvalue weighted by Crippen LogP contribution is 2.35. The molecule has 4 heteroatoms. The Kier molecular flexibility index (Phi) is 5.07. The number of benzene rings is 1. The monoisotopic (exact) mass is 322 g/mol. The largest absolute Gasteiger partial charge is 0.309 e. The molecule has 0 saturated heterocycles. The van der Waals surface area contributed by atoms with Crippen LogP contribution in [-0.4, -0.2) is 30.5 Å². The van der Waals surface area contributed by atoms with Crippen LogP contribution in [0.2, 0.25) is 5.02 Å². The Balaban J connectivity index is 2.41. The van der Waals surface area contributed by atoms with E-state index in [-0.39, 0.29) is 5.41 Å². The number of hydrogen-bond acceptors (Lipinski definition) is 3. The van der Waals surface area contributed by atoms with Gasteiger partial charge in [-0.15, -0.1) is 11.3 Å². The number of hydrogen-bond donors (Lipinski definition) is 0. The second-order valence-corrected chi connectivity index (χ2v) is 8.12. The maximum atomic E-state index is 5.99. The summed E-state index contributed by atoms with van der Waals surface area (Å²) in [5.41, 5.74) is 2.35. The van der Waals surface area contributed by atoms with E-state index in [1.165, 1.54) is 9.88 Å². The van der Waals surface area contributed by atoms with Crippen LogP contribution in [0.1, 0.15) is 30.7 Å². The zero-order valence-electron chi connectivity index (χ0n) is 13.4. The van der Waals surface area contributed by atoms with Gasteiger partial charge in [-0.2, -0.15) is 0 Å². The summed E-state index contributed by atoms with van der Waals surface area (Å²) < 4.78 is 0. The van der Waals surface area contributed by atoms with Crippen molar-refractivity contribution in [2.75, 3.05) is 20.6 Å².